The van der Waals surface area contributed by atoms with Crippen molar-refractivity contribution in [1.82, 2.24) is 9.80 Å². The van der Waals surface area contributed by atoms with Gasteiger partial charge in [-0.05, 0) is 37.2 Å². The van der Waals surface area contributed by atoms with Gasteiger partial charge in [-0.3, -0.25) is 4.79 Å². The fourth-order valence-electron chi connectivity index (χ4n) is 2.52. The number of aliphatic hydroxyl groups excluding tert-OH is 1. The summed E-state index contributed by atoms with van der Waals surface area (Å²) in [6.45, 7) is 8.44. The summed E-state index contributed by atoms with van der Waals surface area (Å²) in [6.07, 6.45) is 0. The van der Waals surface area contributed by atoms with E-state index in [2.05, 4.69) is 23.7 Å². The third kappa shape index (κ3) is 3.84. The molecule has 21 heavy (non-hydrogen) atoms. The van der Waals surface area contributed by atoms with E-state index >= 15 is 0 Å². The van der Waals surface area contributed by atoms with Crippen molar-refractivity contribution in [3.8, 4) is 11.8 Å². The zero-order valence-corrected chi connectivity index (χ0v) is 12.7. The second kappa shape index (κ2) is 7.26. The van der Waals surface area contributed by atoms with Crippen molar-refractivity contribution >= 4 is 5.91 Å². The van der Waals surface area contributed by atoms with E-state index in [1.165, 1.54) is 0 Å². The quantitative estimate of drug-likeness (QED) is 0.829. The topological polar surface area (TPSA) is 43.8 Å². The number of hydrogen-bond acceptors (Lipinski definition) is 3. The third-order valence-corrected chi connectivity index (χ3v) is 3.88. The molecule has 0 radical (unpaired) electrons. The lowest BCUT2D eigenvalue weighted by Crippen LogP contribution is -2.48. The molecule has 1 aromatic carbocycles. The molecule has 0 aliphatic carbocycles. The number of piperazine rings is 1. The molecule has 1 aromatic rings. The molecule has 4 nitrogen and oxygen atoms in total. The van der Waals surface area contributed by atoms with Crippen molar-refractivity contribution in [1.29, 1.82) is 0 Å². The maximum absolute atomic E-state index is 12.5. The molecule has 1 aliphatic heterocycles. The molecule has 0 spiro atoms. The van der Waals surface area contributed by atoms with Crippen LogP contribution in [0.25, 0.3) is 0 Å². The van der Waals surface area contributed by atoms with E-state index in [9.17, 15) is 4.79 Å². The van der Waals surface area contributed by atoms with Crippen LogP contribution in [0.15, 0.2) is 18.2 Å². The average Bonchev–Trinajstić information content (AvgIpc) is 2.53. The van der Waals surface area contributed by atoms with Crippen LogP contribution >= 0.6 is 0 Å². The number of aliphatic hydroxyl groups is 1. The van der Waals surface area contributed by atoms with Gasteiger partial charge in [0.1, 0.15) is 6.61 Å². The minimum Gasteiger partial charge on any atom is -0.384 e. The fraction of sp³-hybridized carbons (Fsp3) is 0.471. The molecular weight excluding hydrogens is 264 g/mol. The van der Waals surface area contributed by atoms with Gasteiger partial charge in [0.15, 0.2) is 0 Å². The molecule has 0 unspecified atom stereocenters. The van der Waals surface area contributed by atoms with E-state index < -0.39 is 0 Å². The van der Waals surface area contributed by atoms with Crippen molar-refractivity contribution in [3.05, 3.63) is 34.9 Å². The summed E-state index contributed by atoms with van der Waals surface area (Å²) in [5, 5.41) is 8.73. The Balaban J connectivity index is 2.08. The zero-order valence-electron chi connectivity index (χ0n) is 12.7. The molecule has 0 bridgehead atoms. The highest BCUT2D eigenvalue weighted by Gasteiger charge is 2.21. The Hall–Kier alpha value is -1.83. The predicted octanol–water partition coefficient (Wildman–Crippen LogP) is 1.12. The van der Waals surface area contributed by atoms with Crippen LogP contribution in [-0.2, 0) is 0 Å². The molecule has 1 fully saturated rings. The Morgan fingerprint density at radius 2 is 2.00 bits per heavy atom. The Labute approximate surface area is 126 Å². The van der Waals surface area contributed by atoms with Gasteiger partial charge in [-0.25, -0.2) is 0 Å². The molecule has 1 saturated heterocycles. The lowest BCUT2D eigenvalue weighted by atomic mass is 10.0. The maximum Gasteiger partial charge on any atom is 0.253 e. The van der Waals surface area contributed by atoms with Gasteiger partial charge in [-0.15, -0.1) is 0 Å². The normalized spacial score (nSPS) is 15.5. The largest absolute Gasteiger partial charge is 0.384 e. The minimum absolute atomic E-state index is 0.0931. The monoisotopic (exact) mass is 286 g/mol. The maximum atomic E-state index is 12.5. The minimum atomic E-state index is -0.151. The summed E-state index contributed by atoms with van der Waals surface area (Å²) < 4.78 is 0. The molecular formula is C17H22N2O2. The predicted molar refractivity (Wildman–Crippen MR) is 83.2 cm³/mol. The number of nitrogens with zero attached hydrogens (tertiary/aromatic N) is 2. The standard InChI is InChI=1S/C17H22N2O2/c1-3-18-8-10-19(11-9-18)17(21)16-7-6-15(5-4-12-20)14(2)13-16/h6-7,13,20H,3,8-12H2,1-2H3. The van der Waals surface area contributed by atoms with Crippen LogP contribution in [0.4, 0.5) is 0 Å². The Morgan fingerprint density at radius 3 is 2.57 bits per heavy atom. The van der Waals surface area contributed by atoms with E-state index in [1.54, 1.807) is 0 Å². The highest BCUT2D eigenvalue weighted by atomic mass is 16.2. The lowest BCUT2D eigenvalue weighted by Gasteiger charge is -2.34. The van der Waals surface area contributed by atoms with Gasteiger partial charge in [0, 0.05) is 37.3 Å². The van der Waals surface area contributed by atoms with Crippen molar-refractivity contribution in [2.24, 2.45) is 0 Å². The molecule has 0 aromatic heterocycles. The van der Waals surface area contributed by atoms with E-state index in [-0.39, 0.29) is 12.5 Å². The van der Waals surface area contributed by atoms with Crippen molar-refractivity contribution in [2.75, 3.05) is 39.3 Å². The molecule has 1 heterocycles. The van der Waals surface area contributed by atoms with E-state index in [0.29, 0.717) is 5.56 Å². The summed E-state index contributed by atoms with van der Waals surface area (Å²) >= 11 is 0. The number of carbonyl (C=O) groups excluding carboxylic acids is 1. The van der Waals surface area contributed by atoms with Gasteiger partial charge in [-0.2, -0.15) is 0 Å². The van der Waals surface area contributed by atoms with Gasteiger partial charge in [0.05, 0.1) is 0 Å². The molecule has 1 N–H and O–H groups in total. The Bertz CT molecular complexity index is 564. The summed E-state index contributed by atoms with van der Waals surface area (Å²) in [5.74, 6) is 5.62. The zero-order chi connectivity index (χ0) is 15.2. The van der Waals surface area contributed by atoms with Gasteiger partial charge < -0.3 is 14.9 Å². The number of carbonyl (C=O) groups is 1. The van der Waals surface area contributed by atoms with Crippen molar-refractivity contribution < 1.29 is 9.90 Å². The summed E-state index contributed by atoms with van der Waals surface area (Å²) in [7, 11) is 0. The molecule has 112 valence electrons. The number of likely N-dealkylation sites (N-methyl/N-ethyl adjacent to an activating group) is 1. The molecule has 1 aliphatic rings. The highest BCUT2D eigenvalue weighted by Crippen LogP contribution is 2.13. The van der Waals surface area contributed by atoms with Gasteiger partial charge in [0.25, 0.3) is 5.91 Å². The van der Waals surface area contributed by atoms with E-state index in [4.69, 9.17) is 5.11 Å². The van der Waals surface area contributed by atoms with Crippen molar-refractivity contribution in [3.63, 3.8) is 0 Å². The molecule has 0 saturated carbocycles. The first kappa shape index (κ1) is 15.6. The summed E-state index contributed by atoms with van der Waals surface area (Å²) in [4.78, 5) is 16.8. The van der Waals surface area contributed by atoms with Crippen LogP contribution in [0.5, 0.6) is 0 Å². The van der Waals surface area contributed by atoms with E-state index in [1.807, 2.05) is 30.0 Å². The molecule has 0 atom stereocenters. The first-order chi connectivity index (χ1) is 10.2. The number of hydrogen-bond donors (Lipinski definition) is 1. The Kier molecular flexibility index (Phi) is 5.38. The lowest BCUT2D eigenvalue weighted by molar-refractivity contribution is 0.0643. The molecule has 4 heteroatoms. The number of benzene rings is 1. The second-order valence-electron chi connectivity index (χ2n) is 5.22. The molecule has 2 rings (SSSR count). The SMILES string of the molecule is CCN1CCN(C(=O)c2ccc(C#CCO)c(C)c2)CC1. The number of aryl methyl sites for hydroxylation is 1. The van der Waals surface area contributed by atoms with Crippen LogP contribution in [0.3, 0.4) is 0 Å². The van der Waals surface area contributed by atoms with E-state index in [0.717, 1.165) is 43.9 Å². The van der Waals surface area contributed by atoms with Crippen molar-refractivity contribution in [2.45, 2.75) is 13.8 Å². The van der Waals surface area contributed by atoms with Crippen LogP contribution in [-0.4, -0.2) is 60.1 Å². The first-order valence-electron chi connectivity index (χ1n) is 7.37. The third-order valence-electron chi connectivity index (χ3n) is 3.88. The van der Waals surface area contributed by atoms with Crippen LogP contribution in [0.1, 0.15) is 28.4 Å². The van der Waals surface area contributed by atoms with Gasteiger partial charge >= 0.3 is 0 Å². The molecule has 1 amide bonds. The Morgan fingerprint density at radius 1 is 1.29 bits per heavy atom. The number of rotatable bonds is 2. The summed E-state index contributed by atoms with van der Waals surface area (Å²) in [5.41, 5.74) is 2.54. The van der Waals surface area contributed by atoms with Gasteiger partial charge in [0.2, 0.25) is 0 Å². The highest BCUT2D eigenvalue weighted by molar-refractivity contribution is 5.94. The smallest absolute Gasteiger partial charge is 0.253 e. The summed E-state index contributed by atoms with van der Waals surface area (Å²) in [6, 6.07) is 5.56. The second-order valence-corrected chi connectivity index (χ2v) is 5.22. The van der Waals surface area contributed by atoms with Gasteiger partial charge in [-0.1, -0.05) is 18.8 Å². The number of amides is 1. The van der Waals surface area contributed by atoms with Crippen LogP contribution < -0.4 is 0 Å². The van der Waals surface area contributed by atoms with Crippen LogP contribution in [0.2, 0.25) is 0 Å². The fourth-order valence-corrected chi connectivity index (χ4v) is 2.52. The average molecular weight is 286 g/mol. The first-order valence-corrected chi connectivity index (χ1v) is 7.37. The van der Waals surface area contributed by atoms with Crippen LogP contribution in [0, 0.1) is 18.8 Å².